The zero-order valence-electron chi connectivity index (χ0n) is 12.3. The van der Waals surface area contributed by atoms with Crippen LogP contribution < -0.4 is 5.32 Å². The molecule has 21 heavy (non-hydrogen) atoms. The van der Waals surface area contributed by atoms with Crippen LogP contribution in [0.25, 0.3) is 0 Å². The highest BCUT2D eigenvalue weighted by molar-refractivity contribution is 5.89. The normalized spacial score (nSPS) is 16.2. The van der Waals surface area contributed by atoms with E-state index in [0.29, 0.717) is 24.4 Å². The van der Waals surface area contributed by atoms with Gasteiger partial charge in [-0.25, -0.2) is 4.79 Å². The summed E-state index contributed by atoms with van der Waals surface area (Å²) in [6, 6.07) is 7.18. The summed E-state index contributed by atoms with van der Waals surface area (Å²) in [7, 11) is 0. The van der Waals surface area contributed by atoms with Crippen molar-refractivity contribution in [2.45, 2.75) is 57.4 Å². The lowest BCUT2D eigenvalue weighted by molar-refractivity contribution is -0.121. The number of amides is 1. The predicted molar refractivity (Wildman–Crippen MR) is 81.4 cm³/mol. The lowest BCUT2D eigenvalue weighted by atomic mass is 10.0. The highest BCUT2D eigenvalue weighted by Gasteiger charge is 2.15. The number of carboxylic acid groups (broad SMARTS) is 1. The molecule has 0 spiro atoms. The van der Waals surface area contributed by atoms with Gasteiger partial charge in [-0.15, -0.1) is 0 Å². The molecular formula is C17H23NO3. The number of carbonyl (C=O) groups excluding carboxylic acids is 1. The molecule has 1 fully saturated rings. The molecule has 2 rings (SSSR count). The molecule has 2 N–H and O–H groups in total. The van der Waals surface area contributed by atoms with Crippen molar-refractivity contribution in [1.82, 2.24) is 5.32 Å². The first kappa shape index (κ1) is 15.5. The van der Waals surface area contributed by atoms with Crippen LogP contribution in [0.5, 0.6) is 0 Å². The Balaban J connectivity index is 1.85. The molecule has 4 nitrogen and oxygen atoms in total. The van der Waals surface area contributed by atoms with E-state index in [-0.39, 0.29) is 5.91 Å². The van der Waals surface area contributed by atoms with Gasteiger partial charge in [0, 0.05) is 12.5 Å². The Kier molecular flexibility index (Phi) is 5.78. The maximum atomic E-state index is 12.0. The molecule has 0 aromatic heterocycles. The van der Waals surface area contributed by atoms with Gasteiger partial charge in [-0.2, -0.15) is 0 Å². The highest BCUT2D eigenvalue weighted by atomic mass is 16.4. The number of benzene rings is 1. The summed E-state index contributed by atoms with van der Waals surface area (Å²) in [5, 5.41) is 12.2. The minimum absolute atomic E-state index is 0.0297. The van der Waals surface area contributed by atoms with Crippen LogP contribution in [0.2, 0.25) is 0 Å². The standard InChI is InChI=1S/C17H23NO3/c19-16(18-14-8-3-1-2-4-9-14)12-11-13-7-5-6-10-15(13)17(20)21/h5-7,10,14H,1-4,8-9,11-12H2,(H,18,19)(H,20,21). The van der Waals surface area contributed by atoms with Crippen LogP contribution in [0.15, 0.2) is 24.3 Å². The van der Waals surface area contributed by atoms with Gasteiger partial charge >= 0.3 is 5.97 Å². The van der Waals surface area contributed by atoms with Crippen molar-refractivity contribution in [2.75, 3.05) is 0 Å². The average molecular weight is 289 g/mol. The maximum absolute atomic E-state index is 12.0. The SMILES string of the molecule is O=C(CCc1ccccc1C(=O)O)NC1CCCCCC1. The average Bonchev–Trinajstić information content (AvgIpc) is 2.74. The van der Waals surface area contributed by atoms with Gasteiger partial charge in [-0.05, 0) is 30.9 Å². The number of hydrogen-bond acceptors (Lipinski definition) is 2. The van der Waals surface area contributed by atoms with E-state index in [1.165, 1.54) is 25.7 Å². The van der Waals surface area contributed by atoms with E-state index in [2.05, 4.69) is 5.32 Å². The Morgan fingerprint density at radius 2 is 1.76 bits per heavy atom. The molecule has 0 aliphatic heterocycles. The molecule has 0 radical (unpaired) electrons. The third-order valence-electron chi connectivity index (χ3n) is 4.09. The van der Waals surface area contributed by atoms with E-state index in [4.69, 9.17) is 5.11 Å². The summed E-state index contributed by atoms with van der Waals surface area (Å²) in [6.45, 7) is 0. The summed E-state index contributed by atoms with van der Waals surface area (Å²) in [4.78, 5) is 23.1. The van der Waals surface area contributed by atoms with Crippen molar-refractivity contribution >= 4 is 11.9 Å². The predicted octanol–water partition coefficient (Wildman–Crippen LogP) is 3.16. The highest BCUT2D eigenvalue weighted by Crippen LogP contribution is 2.17. The van der Waals surface area contributed by atoms with E-state index in [1.807, 2.05) is 6.07 Å². The van der Waals surface area contributed by atoms with Crippen molar-refractivity contribution in [3.05, 3.63) is 35.4 Å². The molecule has 1 aromatic rings. The molecule has 114 valence electrons. The van der Waals surface area contributed by atoms with E-state index in [9.17, 15) is 9.59 Å². The zero-order valence-corrected chi connectivity index (χ0v) is 12.3. The molecule has 1 aliphatic carbocycles. The number of hydrogen-bond donors (Lipinski definition) is 2. The summed E-state index contributed by atoms with van der Waals surface area (Å²) in [6.07, 6.45) is 7.85. The largest absolute Gasteiger partial charge is 0.478 e. The number of aromatic carboxylic acids is 1. The van der Waals surface area contributed by atoms with E-state index >= 15 is 0 Å². The summed E-state index contributed by atoms with van der Waals surface area (Å²) < 4.78 is 0. The molecule has 0 unspecified atom stereocenters. The fraction of sp³-hybridized carbons (Fsp3) is 0.529. The Bertz CT molecular complexity index is 491. The van der Waals surface area contributed by atoms with Crippen LogP contribution in [-0.4, -0.2) is 23.0 Å². The molecule has 0 atom stereocenters. The first-order valence-electron chi connectivity index (χ1n) is 7.77. The minimum Gasteiger partial charge on any atom is -0.478 e. The first-order chi connectivity index (χ1) is 10.2. The molecule has 1 amide bonds. The van der Waals surface area contributed by atoms with E-state index in [0.717, 1.165) is 18.4 Å². The Hall–Kier alpha value is -1.84. The van der Waals surface area contributed by atoms with Gasteiger partial charge in [0.15, 0.2) is 0 Å². The number of carbonyl (C=O) groups is 2. The van der Waals surface area contributed by atoms with Crippen LogP contribution in [0.3, 0.4) is 0 Å². The third kappa shape index (κ3) is 4.88. The molecular weight excluding hydrogens is 266 g/mol. The monoisotopic (exact) mass is 289 g/mol. The van der Waals surface area contributed by atoms with Crippen LogP contribution in [0.4, 0.5) is 0 Å². The molecule has 0 heterocycles. The summed E-state index contributed by atoms with van der Waals surface area (Å²) in [5.41, 5.74) is 1.01. The second-order valence-corrected chi connectivity index (χ2v) is 5.72. The summed E-state index contributed by atoms with van der Waals surface area (Å²) in [5.74, 6) is -0.906. The third-order valence-corrected chi connectivity index (χ3v) is 4.09. The van der Waals surface area contributed by atoms with Crippen molar-refractivity contribution in [2.24, 2.45) is 0 Å². The first-order valence-corrected chi connectivity index (χ1v) is 7.77. The van der Waals surface area contributed by atoms with Gasteiger partial charge in [0.25, 0.3) is 0 Å². The van der Waals surface area contributed by atoms with Crippen molar-refractivity contribution in [3.8, 4) is 0 Å². The number of rotatable bonds is 5. The quantitative estimate of drug-likeness (QED) is 0.818. The van der Waals surface area contributed by atoms with Gasteiger partial charge in [-0.3, -0.25) is 4.79 Å². The molecule has 4 heteroatoms. The van der Waals surface area contributed by atoms with Gasteiger partial charge in [0.05, 0.1) is 5.56 Å². The fourth-order valence-electron chi connectivity index (χ4n) is 2.92. The van der Waals surface area contributed by atoms with Gasteiger partial charge in [-0.1, -0.05) is 43.9 Å². The number of nitrogens with one attached hydrogen (secondary N) is 1. The number of carboxylic acids is 1. The molecule has 0 saturated heterocycles. The Morgan fingerprint density at radius 3 is 2.43 bits per heavy atom. The minimum atomic E-state index is -0.935. The van der Waals surface area contributed by atoms with Crippen LogP contribution in [0, 0.1) is 0 Å². The zero-order chi connectivity index (χ0) is 15.1. The van der Waals surface area contributed by atoms with Gasteiger partial charge in [0.2, 0.25) is 5.91 Å². The van der Waals surface area contributed by atoms with Gasteiger partial charge < -0.3 is 10.4 Å². The smallest absolute Gasteiger partial charge is 0.335 e. The second-order valence-electron chi connectivity index (χ2n) is 5.72. The lowest BCUT2D eigenvalue weighted by Gasteiger charge is -2.16. The molecule has 1 aliphatic rings. The fourth-order valence-corrected chi connectivity index (χ4v) is 2.92. The maximum Gasteiger partial charge on any atom is 0.335 e. The van der Waals surface area contributed by atoms with Crippen LogP contribution >= 0.6 is 0 Å². The summed E-state index contributed by atoms with van der Waals surface area (Å²) >= 11 is 0. The van der Waals surface area contributed by atoms with E-state index < -0.39 is 5.97 Å². The van der Waals surface area contributed by atoms with Gasteiger partial charge in [0.1, 0.15) is 0 Å². The van der Waals surface area contributed by atoms with Crippen molar-refractivity contribution in [1.29, 1.82) is 0 Å². The second kappa shape index (κ2) is 7.81. The Morgan fingerprint density at radius 1 is 1.10 bits per heavy atom. The molecule has 0 bridgehead atoms. The van der Waals surface area contributed by atoms with Crippen LogP contribution in [-0.2, 0) is 11.2 Å². The van der Waals surface area contributed by atoms with Crippen molar-refractivity contribution in [3.63, 3.8) is 0 Å². The van der Waals surface area contributed by atoms with Crippen LogP contribution in [0.1, 0.15) is 60.9 Å². The van der Waals surface area contributed by atoms with E-state index in [1.54, 1.807) is 18.2 Å². The van der Waals surface area contributed by atoms with Crippen molar-refractivity contribution < 1.29 is 14.7 Å². The lowest BCUT2D eigenvalue weighted by Crippen LogP contribution is -2.34. The Labute approximate surface area is 125 Å². The topological polar surface area (TPSA) is 66.4 Å². The molecule has 1 saturated carbocycles. The molecule has 1 aromatic carbocycles. The number of aryl methyl sites for hydroxylation is 1.